The van der Waals surface area contributed by atoms with Gasteiger partial charge in [-0.3, -0.25) is 4.79 Å². The molecule has 3 aromatic rings. The largest absolute Gasteiger partial charge is 0.493 e. The van der Waals surface area contributed by atoms with Crippen molar-refractivity contribution in [1.82, 2.24) is 0 Å². The van der Waals surface area contributed by atoms with Gasteiger partial charge in [-0.25, -0.2) is 0 Å². The maximum atomic E-state index is 12.3. The van der Waals surface area contributed by atoms with Crippen molar-refractivity contribution in [2.75, 3.05) is 21.3 Å². The lowest BCUT2D eigenvalue weighted by atomic mass is 10.1. The van der Waals surface area contributed by atoms with E-state index in [1.54, 1.807) is 45.6 Å². The van der Waals surface area contributed by atoms with Crippen LogP contribution >= 0.6 is 0 Å². The van der Waals surface area contributed by atoms with Crippen LogP contribution in [0, 0.1) is 0 Å². The number of hydrogen-bond acceptors (Lipinski definition) is 6. The van der Waals surface area contributed by atoms with Gasteiger partial charge >= 0.3 is 5.97 Å². The number of esters is 1. The number of aryl methyl sites for hydroxylation is 1. The molecule has 162 valence electrons. The molecule has 0 radical (unpaired) electrons. The second kappa shape index (κ2) is 10.9. The topological polar surface area (TPSA) is 63.2 Å². The van der Waals surface area contributed by atoms with Crippen LogP contribution in [-0.2, 0) is 17.8 Å². The van der Waals surface area contributed by atoms with Gasteiger partial charge in [-0.05, 0) is 53.9 Å². The number of benzene rings is 3. The Hall–Kier alpha value is -3.67. The number of rotatable bonds is 10. The first kappa shape index (κ1) is 22.0. The molecule has 0 aromatic heterocycles. The van der Waals surface area contributed by atoms with Gasteiger partial charge in [0, 0.05) is 6.42 Å². The first-order valence-corrected chi connectivity index (χ1v) is 9.89. The highest BCUT2D eigenvalue weighted by atomic mass is 16.5. The Morgan fingerprint density at radius 1 is 0.742 bits per heavy atom. The Kier molecular flexibility index (Phi) is 7.76. The van der Waals surface area contributed by atoms with Gasteiger partial charge < -0.3 is 23.7 Å². The van der Waals surface area contributed by atoms with Gasteiger partial charge in [-0.1, -0.05) is 30.3 Å². The number of hydrogen-bond donors (Lipinski definition) is 0. The quantitative estimate of drug-likeness (QED) is 0.344. The third-order valence-electron chi connectivity index (χ3n) is 4.65. The molecular weight excluding hydrogens is 396 g/mol. The van der Waals surface area contributed by atoms with E-state index >= 15 is 0 Å². The Morgan fingerprint density at radius 3 is 1.94 bits per heavy atom. The van der Waals surface area contributed by atoms with Crippen LogP contribution < -0.4 is 23.7 Å². The predicted octanol–water partition coefficient (Wildman–Crippen LogP) is 4.83. The minimum Gasteiger partial charge on any atom is -0.493 e. The van der Waals surface area contributed by atoms with Crippen molar-refractivity contribution >= 4 is 5.97 Å². The van der Waals surface area contributed by atoms with Crippen molar-refractivity contribution in [3.8, 4) is 28.7 Å². The fraction of sp³-hybridized carbons (Fsp3) is 0.240. The van der Waals surface area contributed by atoms with Gasteiger partial charge in [0.15, 0.2) is 11.5 Å². The van der Waals surface area contributed by atoms with Crippen molar-refractivity contribution in [1.29, 1.82) is 0 Å². The summed E-state index contributed by atoms with van der Waals surface area (Å²) >= 11 is 0. The minimum absolute atomic E-state index is 0.213. The van der Waals surface area contributed by atoms with E-state index in [0.29, 0.717) is 41.8 Å². The van der Waals surface area contributed by atoms with Crippen LogP contribution in [-0.4, -0.2) is 27.3 Å². The van der Waals surface area contributed by atoms with E-state index in [1.807, 2.05) is 42.5 Å². The zero-order chi connectivity index (χ0) is 22.1. The second-order valence-corrected chi connectivity index (χ2v) is 6.75. The lowest BCUT2D eigenvalue weighted by Gasteiger charge is -2.14. The molecule has 0 spiro atoms. The third kappa shape index (κ3) is 6.15. The van der Waals surface area contributed by atoms with Gasteiger partial charge in [-0.15, -0.1) is 0 Å². The monoisotopic (exact) mass is 422 g/mol. The summed E-state index contributed by atoms with van der Waals surface area (Å²) < 4.78 is 27.2. The standard InChI is InChI=1S/C25H26O6/c1-27-22-15-19(16-23(28-2)25(22)29-3)9-14-24(26)31-21-12-10-20(11-13-21)30-17-18-7-5-4-6-8-18/h4-8,10-13,15-16H,9,14,17H2,1-3H3. The molecule has 0 bridgehead atoms. The van der Waals surface area contributed by atoms with E-state index < -0.39 is 0 Å². The SMILES string of the molecule is COc1cc(CCC(=O)Oc2ccc(OCc3ccccc3)cc2)cc(OC)c1OC. The van der Waals surface area contributed by atoms with E-state index in [-0.39, 0.29) is 12.4 Å². The summed E-state index contributed by atoms with van der Waals surface area (Å²) in [4.78, 5) is 12.3. The molecule has 3 aromatic carbocycles. The van der Waals surface area contributed by atoms with Crippen LogP contribution in [0.3, 0.4) is 0 Å². The molecule has 0 atom stereocenters. The number of carbonyl (C=O) groups excluding carboxylic acids is 1. The molecule has 0 N–H and O–H groups in total. The van der Waals surface area contributed by atoms with Gasteiger partial charge in [0.1, 0.15) is 18.1 Å². The first-order chi connectivity index (χ1) is 15.1. The maximum absolute atomic E-state index is 12.3. The Bertz CT molecular complexity index is 958. The smallest absolute Gasteiger partial charge is 0.311 e. The molecule has 0 saturated heterocycles. The highest BCUT2D eigenvalue weighted by Crippen LogP contribution is 2.38. The number of methoxy groups -OCH3 is 3. The Morgan fingerprint density at radius 2 is 1.35 bits per heavy atom. The molecule has 0 aliphatic heterocycles. The van der Waals surface area contributed by atoms with E-state index in [0.717, 1.165) is 11.1 Å². The van der Waals surface area contributed by atoms with Crippen LogP contribution in [0.25, 0.3) is 0 Å². The van der Waals surface area contributed by atoms with Crippen molar-refractivity contribution in [2.45, 2.75) is 19.4 Å². The predicted molar refractivity (Wildman–Crippen MR) is 117 cm³/mol. The highest BCUT2D eigenvalue weighted by Gasteiger charge is 2.14. The van der Waals surface area contributed by atoms with E-state index in [4.69, 9.17) is 23.7 Å². The van der Waals surface area contributed by atoms with Crippen LogP contribution in [0.1, 0.15) is 17.5 Å². The summed E-state index contributed by atoms with van der Waals surface area (Å²) in [5, 5.41) is 0. The third-order valence-corrected chi connectivity index (χ3v) is 4.65. The van der Waals surface area contributed by atoms with Crippen molar-refractivity contribution in [3.63, 3.8) is 0 Å². The van der Waals surface area contributed by atoms with Gasteiger partial charge in [0.25, 0.3) is 0 Å². The van der Waals surface area contributed by atoms with Crippen molar-refractivity contribution in [2.24, 2.45) is 0 Å². The molecule has 6 heteroatoms. The summed E-state index contributed by atoms with van der Waals surface area (Å²) in [5.74, 6) is 2.48. The molecule has 0 unspecified atom stereocenters. The lowest BCUT2D eigenvalue weighted by Crippen LogP contribution is -2.09. The van der Waals surface area contributed by atoms with Gasteiger partial charge in [0.2, 0.25) is 5.75 Å². The molecule has 0 fully saturated rings. The summed E-state index contributed by atoms with van der Waals surface area (Å²) in [7, 11) is 4.67. The highest BCUT2D eigenvalue weighted by molar-refractivity contribution is 5.72. The molecule has 0 heterocycles. The molecule has 6 nitrogen and oxygen atoms in total. The fourth-order valence-corrected chi connectivity index (χ4v) is 3.05. The van der Waals surface area contributed by atoms with Crippen LogP contribution in [0.4, 0.5) is 0 Å². The van der Waals surface area contributed by atoms with Crippen LogP contribution in [0.5, 0.6) is 28.7 Å². The number of ether oxygens (including phenoxy) is 5. The summed E-state index contributed by atoms with van der Waals surface area (Å²) in [6.07, 6.45) is 0.693. The summed E-state index contributed by atoms with van der Waals surface area (Å²) in [6.45, 7) is 0.481. The van der Waals surface area contributed by atoms with Crippen molar-refractivity contribution < 1.29 is 28.5 Å². The van der Waals surface area contributed by atoms with Crippen LogP contribution in [0.15, 0.2) is 66.7 Å². The summed E-state index contributed by atoms with van der Waals surface area (Å²) in [5.41, 5.74) is 1.97. The minimum atomic E-state index is -0.327. The van der Waals surface area contributed by atoms with E-state index in [2.05, 4.69) is 0 Å². The van der Waals surface area contributed by atoms with E-state index in [1.165, 1.54) is 0 Å². The maximum Gasteiger partial charge on any atom is 0.311 e. The van der Waals surface area contributed by atoms with Gasteiger partial charge in [0.05, 0.1) is 21.3 Å². The summed E-state index contributed by atoms with van der Waals surface area (Å²) in [6, 6.07) is 20.6. The van der Waals surface area contributed by atoms with Crippen molar-refractivity contribution in [3.05, 3.63) is 77.9 Å². The zero-order valence-corrected chi connectivity index (χ0v) is 17.9. The zero-order valence-electron chi connectivity index (χ0n) is 17.9. The molecule has 0 amide bonds. The molecular formula is C25H26O6. The molecule has 0 aliphatic carbocycles. The van der Waals surface area contributed by atoms with Gasteiger partial charge in [-0.2, -0.15) is 0 Å². The average molecular weight is 422 g/mol. The Labute approximate surface area is 182 Å². The lowest BCUT2D eigenvalue weighted by molar-refractivity contribution is -0.134. The molecule has 0 saturated carbocycles. The first-order valence-electron chi connectivity index (χ1n) is 9.89. The molecule has 31 heavy (non-hydrogen) atoms. The van der Waals surface area contributed by atoms with Crippen LogP contribution in [0.2, 0.25) is 0 Å². The fourth-order valence-electron chi connectivity index (χ4n) is 3.05. The second-order valence-electron chi connectivity index (χ2n) is 6.75. The van der Waals surface area contributed by atoms with E-state index in [9.17, 15) is 4.79 Å². The molecule has 3 rings (SSSR count). The number of carbonyl (C=O) groups is 1. The average Bonchev–Trinajstić information content (AvgIpc) is 2.82. The Balaban J connectivity index is 1.53. The molecule has 0 aliphatic rings. The normalized spacial score (nSPS) is 10.3.